The van der Waals surface area contributed by atoms with E-state index in [9.17, 15) is 4.79 Å². The third-order valence-electron chi connectivity index (χ3n) is 3.32. The number of rotatable bonds is 2. The maximum absolute atomic E-state index is 12.0. The van der Waals surface area contributed by atoms with E-state index in [0.29, 0.717) is 5.92 Å². The van der Waals surface area contributed by atoms with Crippen molar-refractivity contribution >= 4 is 5.78 Å². The molecule has 86 valence electrons. The first-order valence-electron chi connectivity index (χ1n) is 5.85. The molecular weight excluding hydrogens is 200 g/mol. The first-order valence-corrected chi connectivity index (χ1v) is 5.85. The van der Waals surface area contributed by atoms with E-state index in [1.807, 2.05) is 39.0 Å². The van der Waals surface area contributed by atoms with E-state index in [0.717, 1.165) is 16.9 Å². The third kappa shape index (κ3) is 1.73. The molecule has 0 amide bonds. The van der Waals surface area contributed by atoms with Crippen LogP contribution in [0.25, 0.3) is 0 Å². The third-order valence-corrected chi connectivity index (χ3v) is 3.32. The molecule has 0 radical (unpaired) electrons. The quantitative estimate of drug-likeness (QED) is 0.760. The number of benzene rings is 1. The molecule has 0 spiro atoms. The summed E-state index contributed by atoms with van der Waals surface area (Å²) in [6.07, 6.45) is 0.143. The molecule has 0 bridgehead atoms. The molecule has 2 atom stereocenters. The Kier molecular flexibility index (Phi) is 2.75. The summed E-state index contributed by atoms with van der Waals surface area (Å²) in [4.78, 5) is 12.0. The predicted octanol–water partition coefficient (Wildman–Crippen LogP) is 3.41. The van der Waals surface area contributed by atoms with E-state index in [2.05, 4.69) is 6.92 Å². The van der Waals surface area contributed by atoms with Crippen LogP contribution in [0.2, 0.25) is 0 Å². The van der Waals surface area contributed by atoms with Gasteiger partial charge in [0.05, 0.1) is 6.10 Å². The Bertz CT molecular complexity index is 421. The van der Waals surface area contributed by atoms with E-state index in [1.165, 1.54) is 0 Å². The van der Waals surface area contributed by atoms with Gasteiger partial charge in [0.1, 0.15) is 5.75 Å². The fourth-order valence-electron chi connectivity index (χ4n) is 2.23. The molecule has 2 nitrogen and oxygen atoms in total. The first kappa shape index (κ1) is 11.2. The SMILES string of the molecule is CC(C)Oc1ccc2c(c1)C(=O)C(C)C2C. The summed E-state index contributed by atoms with van der Waals surface area (Å²) in [6.45, 7) is 8.08. The summed E-state index contributed by atoms with van der Waals surface area (Å²) in [5.41, 5.74) is 2.01. The van der Waals surface area contributed by atoms with E-state index >= 15 is 0 Å². The lowest BCUT2D eigenvalue weighted by atomic mass is 9.96. The second kappa shape index (κ2) is 3.93. The van der Waals surface area contributed by atoms with Crippen LogP contribution in [-0.4, -0.2) is 11.9 Å². The van der Waals surface area contributed by atoms with Crippen LogP contribution in [0.15, 0.2) is 18.2 Å². The zero-order chi connectivity index (χ0) is 11.9. The van der Waals surface area contributed by atoms with Crippen LogP contribution < -0.4 is 4.74 Å². The van der Waals surface area contributed by atoms with Crippen LogP contribution in [0.1, 0.15) is 49.5 Å². The second-order valence-corrected chi connectivity index (χ2v) is 4.86. The van der Waals surface area contributed by atoms with Crippen molar-refractivity contribution in [1.29, 1.82) is 0 Å². The van der Waals surface area contributed by atoms with Gasteiger partial charge in [0.2, 0.25) is 0 Å². The first-order chi connectivity index (χ1) is 7.50. The average Bonchev–Trinajstić information content (AvgIpc) is 2.43. The van der Waals surface area contributed by atoms with E-state index in [4.69, 9.17) is 4.74 Å². The van der Waals surface area contributed by atoms with Gasteiger partial charge in [-0.2, -0.15) is 0 Å². The van der Waals surface area contributed by atoms with Gasteiger partial charge in [0, 0.05) is 11.5 Å². The van der Waals surface area contributed by atoms with Crippen LogP contribution in [-0.2, 0) is 0 Å². The fraction of sp³-hybridized carbons (Fsp3) is 0.500. The highest BCUT2D eigenvalue weighted by atomic mass is 16.5. The largest absolute Gasteiger partial charge is 0.491 e. The summed E-state index contributed by atoms with van der Waals surface area (Å²) in [5.74, 6) is 1.47. The molecule has 0 saturated carbocycles. The monoisotopic (exact) mass is 218 g/mol. The second-order valence-electron chi connectivity index (χ2n) is 4.86. The van der Waals surface area contributed by atoms with E-state index in [-0.39, 0.29) is 17.8 Å². The Morgan fingerprint density at radius 2 is 1.88 bits per heavy atom. The fourth-order valence-corrected chi connectivity index (χ4v) is 2.23. The molecule has 2 unspecified atom stereocenters. The van der Waals surface area contributed by atoms with Gasteiger partial charge in [0.15, 0.2) is 5.78 Å². The molecule has 0 N–H and O–H groups in total. The number of hydrogen-bond donors (Lipinski definition) is 0. The summed E-state index contributed by atoms with van der Waals surface area (Å²) in [6, 6.07) is 5.87. The van der Waals surface area contributed by atoms with Crippen molar-refractivity contribution in [2.75, 3.05) is 0 Å². The summed E-state index contributed by atoms with van der Waals surface area (Å²) in [5, 5.41) is 0. The lowest BCUT2D eigenvalue weighted by Crippen LogP contribution is -2.07. The topological polar surface area (TPSA) is 26.3 Å². The van der Waals surface area contributed by atoms with Crippen molar-refractivity contribution in [1.82, 2.24) is 0 Å². The molecule has 1 aliphatic carbocycles. The number of Topliss-reactive ketones (excluding diaryl/α,β-unsaturated/α-hetero) is 1. The maximum Gasteiger partial charge on any atom is 0.166 e. The van der Waals surface area contributed by atoms with E-state index < -0.39 is 0 Å². The highest BCUT2D eigenvalue weighted by Gasteiger charge is 2.33. The van der Waals surface area contributed by atoms with Crippen LogP contribution >= 0.6 is 0 Å². The Morgan fingerprint density at radius 1 is 1.19 bits per heavy atom. The van der Waals surface area contributed by atoms with Crippen molar-refractivity contribution in [3.8, 4) is 5.75 Å². The van der Waals surface area contributed by atoms with Gasteiger partial charge in [-0.15, -0.1) is 0 Å². The van der Waals surface area contributed by atoms with Gasteiger partial charge in [-0.25, -0.2) is 0 Å². The number of carbonyl (C=O) groups is 1. The highest BCUT2D eigenvalue weighted by Crippen LogP contribution is 2.38. The molecule has 1 aromatic carbocycles. The molecule has 0 saturated heterocycles. The van der Waals surface area contributed by atoms with Gasteiger partial charge in [0.25, 0.3) is 0 Å². The molecule has 0 heterocycles. The van der Waals surface area contributed by atoms with Gasteiger partial charge in [-0.3, -0.25) is 4.79 Å². The molecule has 2 rings (SSSR count). The zero-order valence-electron chi connectivity index (χ0n) is 10.3. The summed E-state index contributed by atoms with van der Waals surface area (Å²) in [7, 11) is 0. The highest BCUT2D eigenvalue weighted by molar-refractivity contribution is 6.03. The lowest BCUT2D eigenvalue weighted by Gasteiger charge is -2.11. The van der Waals surface area contributed by atoms with Crippen LogP contribution in [0.4, 0.5) is 0 Å². The number of ketones is 1. The van der Waals surface area contributed by atoms with Gasteiger partial charge in [-0.05, 0) is 37.5 Å². The zero-order valence-corrected chi connectivity index (χ0v) is 10.3. The van der Waals surface area contributed by atoms with Crippen molar-refractivity contribution in [2.45, 2.75) is 39.7 Å². The van der Waals surface area contributed by atoms with Gasteiger partial charge in [-0.1, -0.05) is 19.9 Å². The standard InChI is InChI=1S/C14H18O2/c1-8(2)16-11-5-6-12-9(3)10(4)14(15)13(12)7-11/h5-10H,1-4H3. The Balaban J connectivity index is 2.37. The van der Waals surface area contributed by atoms with Crippen LogP contribution in [0.3, 0.4) is 0 Å². The molecule has 0 fully saturated rings. The Morgan fingerprint density at radius 3 is 2.50 bits per heavy atom. The molecule has 2 heteroatoms. The van der Waals surface area contributed by atoms with Crippen molar-refractivity contribution in [3.05, 3.63) is 29.3 Å². The summed E-state index contributed by atoms with van der Waals surface area (Å²) >= 11 is 0. The predicted molar refractivity (Wildman–Crippen MR) is 64.1 cm³/mol. The molecule has 0 aliphatic heterocycles. The lowest BCUT2D eigenvalue weighted by molar-refractivity contribution is 0.0936. The Hall–Kier alpha value is -1.31. The van der Waals surface area contributed by atoms with Crippen molar-refractivity contribution in [2.24, 2.45) is 5.92 Å². The number of carbonyl (C=O) groups excluding carboxylic acids is 1. The number of hydrogen-bond acceptors (Lipinski definition) is 2. The molecule has 0 aromatic heterocycles. The van der Waals surface area contributed by atoms with Crippen molar-refractivity contribution < 1.29 is 9.53 Å². The molecule has 1 aromatic rings. The summed E-state index contributed by atoms with van der Waals surface area (Å²) < 4.78 is 5.61. The van der Waals surface area contributed by atoms with Crippen LogP contribution in [0, 0.1) is 5.92 Å². The maximum atomic E-state index is 12.0. The normalized spacial score (nSPS) is 23.7. The minimum absolute atomic E-state index is 0.101. The minimum Gasteiger partial charge on any atom is -0.491 e. The average molecular weight is 218 g/mol. The number of ether oxygens (including phenoxy) is 1. The van der Waals surface area contributed by atoms with Gasteiger partial charge < -0.3 is 4.74 Å². The van der Waals surface area contributed by atoms with E-state index in [1.54, 1.807) is 0 Å². The Labute approximate surface area is 96.6 Å². The minimum atomic E-state index is 0.101. The van der Waals surface area contributed by atoms with Crippen LogP contribution in [0.5, 0.6) is 5.75 Å². The number of fused-ring (bicyclic) bond motifs is 1. The molecule has 1 aliphatic rings. The van der Waals surface area contributed by atoms with Gasteiger partial charge >= 0.3 is 0 Å². The molecule has 16 heavy (non-hydrogen) atoms. The molecular formula is C14H18O2. The van der Waals surface area contributed by atoms with Crippen molar-refractivity contribution in [3.63, 3.8) is 0 Å². The smallest absolute Gasteiger partial charge is 0.166 e.